The summed E-state index contributed by atoms with van der Waals surface area (Å²) in [5.74, 6) is -2.06. The SMILES string of the molecule is CC[C@H](F)CNc1ncc(-c2ccc(C(=O)N(C)CCF)cn2)c(NC2CCC(OC(=O)C(F)(F)F)CC2)n1. The van der Waals surface area contributed by atoms with Crippen LogP contribution in [0.1, 0.15) is 49.4 Å². The molecule has 214 valence electrons. The summed E-state index contributed by atoms with van der Waals surface area (Å²) in [5.41, 5.74) is 1.18. The van der Waals surface area contributed by atoms with Crippen LogP contribution in [0.15, 0.2) is 24.5 Å². The molecule has 0 aromatic carbocycles. The predicted molar refractivity (Wildman–Crippen MR) is 134 cm³/mol. The number of amides is 1. The van der Waals surface area contributed by atoms with Crippen molar-refractivity contribution >= 4 is 23.6 Å². The monoisotopic (exact) mass is 558 g/mol. The minimum Gasteiger partial charge on any atom is -0.456 e. The zero-order chi connectivity index (χ0) is 28.6. The number of nitrogens with zero attached hydrogens (tertiary/aromatic N) is 4. The standard InChI is InChI=1S/C25H31F5N6O3/c1-3-16(27)13-32-24-33-14-19(20-9-4-15(12-31-20)22(37)36(2)11-10-26)21(35-24)34-17-5-7-18(8-6-17)39-23(38)25(28,29)30/h4,9,12,14,16-18H,3,5-8,10-11,13H2,1-2H3,(H2,32,33,34,35)/t16-,17?,18?/m0/s1. The summed E-state index contributed by atoms with van der Waals surface area (Å²) >= 11 is 0. The first-order valence-corrected chi connectivity index (χ1v) is 12.6. The van der Waals surface area contributed by atoms with E-state index in [-0.39, 0.29) is 49.4 Å². The largest absolute Gasteiger partial charge is 0.490 e. The van der Waals surface area contributed by atoms with E-state index in [4.69, 9.17) is 0 Å². The fourth-order valence-electron chi connectivity index (χ4n) is 3.98. The number of carbonyl (C=O) groups excluding carboxylic acids is 2. The Morgan fingerprint density at radius 3 is 2.46 bits per heavy atom. The van der Waals surface area contributed by atoms with Gasteiger partial charge in [0.15, 0.2) is 0 Å². The second kappa shape index (κ2) is 13.5. The molecule has 2 aromatic rings. The topological polar surface area (TPSA) is 109 Å². The quantitative estimate of drug-likeness (QED) is 0.305. The molecule has 1 fully saturated rings. The number of nitrogens with one attached hydrogen (secondary N) is 2. The molecule has 1 saturated carbocycles. The molecule has 0 aliphatic heterocycles. The molecular formula is C25H31F5N6O3. The van der Waals surface area contributed by atoms with Gasteiger partial charge in [0.25, 0.3) is 5.91 Å². The van der Waals surface area contributed by atoms with Gasteiger partial charge in [0.2, 0.25) is 5.95 Å². The normalized spacial score (nSPS) is 18.2. The van der Waals surface area contributed by atoms with Crippen molar-refractivity contribution in [1.82, 2.24) is 19.9 Å². The molecule has 2 N–H and O–H groups in total. The van der Waals surface area contributed by atoms with Crippen LogP contribution >= 0.6 is 0 Å². The van der Waals surface area contributed by atoms with E-state index >= 15 is 0 Å². The fourth-order valence-corrected chi connectivity index (χ4v) is 3.98. The number of anilines is 2. The highest BCUT2D eigenvalue weighted by Crippen LogP contribution is 2.30. The summed E-state index contributed by atoms with van der Waals surface area (Å²) < 4.78 is 68.5. The second-order valence-corrected chi connectivity index (χ2v) is 9.21. The highest BCUT2D eigenvalue weighted by molar-refractivity contribution is 5.94. The summed E-state index contributed by atoms with van der Waals surface area (Å²) in [7, 11) is 1.48. The predicted octanol–water partition coefficient (Wildman–Crippen LogP) is 4.57. The first-order valence-electron chi connectivity index (χ1n) is 12.6. The molecule has 1 aliphatic rings. The third-order valence-electron chi connectivity index (χ3n) is 6.29. The van der Waals surface area contributed by atoms with Crippen molar-refractivity contribution < 1.29 is 36.3 Å². The van der Waals surface area contributed by atoms with Crippen molar-refractivity contribution in [1.29, 1.82) is 0 Å². The number of halogens is 5. The van der Waals surface area contributed by atoms with Crippen LogP contribution in [0, 0.1) is 0 Å². The van der Waals surface area contributed by atoms with Crippen LogP contribution in [-0.2, 0) is 9.53 Å². The first kappa shape index (κ1) is 30.0. The Balaban J connectivity index is 1.77. The Labute approximate surface area is 222 Å². The van der Waals surface area contributed by atoms with Crippen LogP contribution in [0.3, 0.4) is 0 Å². The average molecular weight is 559 g/mol. The molecule has 0 saturated heterocycles. The molecule has 0 spiro atoms. The Morgan fingerprint density at radius 1 is 1.15 bits per heavy atom. The summed E-state index contributed by atoms with van der Waals surface area (Å²) in [6, 6.07) is 2.94. The van der Waals surface area contributed by atoms with E-state index in [0.29, 0.717) is 36.3 Å². The van der Waals surface area contributed by atoms with Gasteiger partial charge in [0, 0.05) is 38.6 Å². The van der Waals surface area contributed by atoms with Crippen LogP contribution in [0.25, 0.3) is 11.3 Å². The van der Waals surface area contributed by atoms with Crippen molar-refractivity contribution in [3.63, 3.8) is 0 Å². The molecule has 9 nitrogen and oxygen atoms in total. The minimum atomic E-state index is -5.04. The van der Waals surface area contributed by atoms with Crippen molar-refractivity contribution in [2.45, 2.75) is 63.5 Å². The summed E-state index contributed by atoms with van der Waals surface area (Å²) in [6.45, 7) is 0.994. The molecule has 2 aromatic heterocycles. The van der Waals surface area contributed by atoms with Crippen LogP contribution in [0.4, 0.5) is 33.7 Å². The van der Waals surface area contributed by atoms with Gasteiger partial charge in [-0.2, -0.15) is 18.2 Å². The maximum absolute atomic E-state index is 13.7. The molecule has 14 heteroatoms. The number of hydrogen-bond donors (Lipinski definition) is 2. The third-order valence-corrected chi connectivity index (χ3v) is 6.29. The summed E-state index contributed by atoms with van der Waals surface area (Å²) in [4.78, 5) is 37.9. The lowest BCUT2D eigenvalue weighted by atomic mass is 9.92. The van der Waals surface area contributed by atoms with E-state index in [2.05, 4.69) is 30.3 Å². The number of aromatic nitrogens is 3. The molecule has 39 heavy (non-hydrogen) atoms. The van der Waals surface area contributed by atoms with Crippen LogP contribution in [0.2, 0.25) is 0 Å². The molecular weight excluding hydrogens is 527 g/mol. The first-order chi connectivity index (χ1) is 18.5. The summed E-state index contributed by atoms with van der Waals surface area (Å²) in [6.07, 6.45) is -2.53. The number of alkyl halides is 5. The Bertz CT molecular complexity index is 1110. The van der Waals surface area contributed by atoms with Gasteiger partial charge in [0.1, 0.15) is 24.8 Å². The van der Waals surface area contributed by atoms with Crippen LogP contribution in [0.5, 0.6) is 0 Å². The maximum atomic E-state index is 13.7. The molecule has 0 unspecified atom stereocenters. The molecule has 1 aliphatic carbocycles. The molecule has 1 amide bonds. The van der Waals surface area contributed by atoms with Gasteiger partial charge in [0.05, 0.1) is 16.8 Å². The molecule has 0 bridgehead atoms. The lowest BCUT2D eigenvalue weighted by Gasteiger charge is -2.30. The number of pyridine rings is 1. The average Bonchev–Trinajstić information content (AvgIpc) is 2.92. The zero-order valence-corrected chi connectivity index (χ0v) is 21.6. The molecule has 2 heterocycles. The highest BCUT2D eigenvalue weighted by atomic mass is 19.4. The summed E-state index contributed by atoms with van der Waals surface area (Å²) in [5, 5.41) is 6.10. The van der Waals surface area contributed by atoms with Gasteiger partial charge in [-0.1, -0.05) is 6.92 Å². The lowest BCUT2D eigenvalue weighted by molar-refractivity contribution is -0.206. The Hall–Kier alpha value is -3.58. The lowest BCUT2D eigenvalue weighted by Crippen LogP contribution is -2.35. The van der Waals surface area contributed by atoms with Gasteiger partial charge in [-0.25, -0.2) is 18.6 Å². The van der Waals surface area contributed by atoms with Crippen molar-refractivity contribution in [2.75, 3.05) is 37.4 Å². The fraction of sp³-hybridized carbons (Fsp3) is 0.560. The van der Waals surface area contributed by atoms with E-state index in [1.807, 2.05) is 0 Å². The van der Waals surface area contributed by atoms with E-state index < -0.39 is 31.1 Å². The minimum absolute atomic E-state index is 0.00637. The van der Waals surface area contributed by atoms with Gasteiger partial charge >= 0.3 is 12.1 Å². The van der Waals surface area contributed by atoms with Gasteiger partial charge in [-0.15, -0.1) is 0 Å². The number of rotatable bonds is 11. The number of carbonyl (C=O) groups is 2. The third kappa shape index (κ3) is 8.45. The van der Waals surface area contributed by atoms with Crippen molar-refractivity contribution in [3.8, 4) is 11.3 Å². The molecule has 1 atom stereocenters. The number of esters is 1. The van der Waals surface area contributed by atoms with Gasteiger partial charge in [-0.05, 0) is 44.2 Å². The van der Waals surface area contributed by atoms with Gasteiger partial charge in [-0.3, -0.25) is 9.78 Å². The molecule has 0 radical (unpaired) electrons. The Morgan fingerprint density at radius 2 is 1.87 bits per heavy atom. The highest BCUT2D eigenvalue weighted by Gasteiger charge is 2.42. The van der Waals surface area contributed by atoms with E-state index in [0.717, 1.165) is 0 Å². The second-order valence-electron chi connectivity index (χ2n) is 9.21. The molecule has 3 rings (SSSR count). The number of ether oxygens (including phenoxy) is 1. The van der Waals surface area contributed by atoms with Crippen molar-refractivity contribution in [3.05, 3.63) is 30.1 Å². The Kier molecular flexibility index (Phi) is 10.4. The zero-order valence-electron chi connectivity index (χ0n) is 21.6. The van der Waals surface area contributed by atoms with Crippen molar-refractivity contribution in [2.24, 2.45) is 0 Å². The maximum Gasteiger partial charge on any atom is 0.490 e. The van der Waals surface area contributed by atoms with E-state index in [1.165, 1.54) is 24.3 Å². The van der Waals surface area contributed by atoms with E-state index in [1.54, 1.807) is 19.1 Å². The number of hydrogen-bond acceptors (Lipinski definition) is 8. The smallest absolute Gasteiger partial charge is 0.456 e. The van der Waals surface area contributed by atoms with Crippen LogP contribution in [-0.4, -0.2) is 83.0 Å². The van der Waals surface area contributed by atoms with Gasteiger partial charge < -0.3 is 20.3 Å². The van der Waals surface area contributed by atoms with Crippen LogP contribution < -0.4 is 10.6 Å². The van der Waals surface area contributed by atoms with E-state index in [9.17, 15) is 31.5 Å².